The summed E-state index contributed by atoms with van der Waals surface area (Å²) in [6, 6.07) is 0.217. The Bertz CT molecular complexity index is 598. The lowest BCUT2D eigenvalue weighted by Gasteiger charge is -2.18. The molecular weight excluding hydrogens is 302 g/mol. The number of anilines is 1. The van der Waals surface area contributed by atoms with Gasteiger partial charge in [-0.2, -0.15) is 0 Å². The van der Waals surface area contributed by atoms with Gasteiger partial charge in [0.2, 0.25) is 0 Å². The molecule has 0 aliphatic rings. The van der Waals surface area contributed by atoms with E-state index in [2.05, 4.69) is 21.9 Å². The third kappa shape index (κ3) is 5.16. The quantitative estimate of drug-likeness (QED) is 0.576. The molecule has 0 bridgehead atoms. The van der Waals surface area contributed by atoms with Gasteiger partial charge in [0, 0.05) is 12.6 Å². The number of unbranched alkanes of at least 4 members (excludes halogenated alkanes) is 7. The SMILES string of the molecule is CCCCCCCCCCC(CCO)n1cnc2c(N)ncnc21. The lowest BCUT2D eigenvalue weighted by atomic mass is 10.0. The molecule has 2 aromatic heterocycles. The zero-order chi connectivity index (χ0) is 17.2. The first-order chi connectivity index (χ1) is 11.8. The van der Waals surface area contributed by atoms with Gasteiger partial charge in [-0.25, -0.2) is 15.0 Å². The van der Waals surface area contributed by atoms with Crippen LogP contribution < -0.4 is 5.73 Å². The maximum atomic E-state index is 9.39. The number of hydrogen-bond donors (Lipinski definition) is 2. The average molecular weight is 333 g/mol. The van der Waals surface area contributed by atoms with Gasteiger partial charge in [-0.05, 0) is 12.8 Å². The molecule has 0 saturated heterocycles. The van der Waals surface area contributed by atoms with Crippen LogP contribution in [0.4, 0.5) is 5.82 Å². The largest absolute Gasteiger partial charge is 0.396 e. The molecule has 134 valence electrons. The molecule has 6 nitrogen and oxygen atoms in total. The van der Waals surface area contributed by atoms with E-state index >= 15 is 0 Å². The molecule has 1 unspecified atom stereocenters. The van der Waals surface area contributed by atoms with E-state index in [1.54, 1.807) is 6.33 Å². The molecule has 0 amide bonds. The van der Waals surface area contributed by atoms with Crippen molar-refractivity contribution in [1.29, 1.82) is 0 Å². The summed E-state index contributed by atoms with van der Waals surface area (Å²) in [5, 5.41) is 9.39. The van der Waals surface area contributed by atoms with Crippen LogP contribution in [0, 0.1) is 0 Å². The minimum absolute atomic E-state index is 0.169. The lowest BCUT2D eigenvalue weighted by molar-refractivity contribution is 0.251. The first-order valence-electron chi connectivity index (χ1n) is 9.31. The number of aliphatic hydroxyl groups excluding tert-OH is 1. The van der Waals surface area contributed by atoms with Crippen LogP contribution in [0.5, 0.6) is 0 Å². The van der Waals surface area contributed by atoms with E-state index in [9.17, 15) is 5.11 Å². The zero-order valence-electron chi connectivity index (χ0n) is 14.8. The van der Waals surface area contributed by atoms with Crippen LogP contribution in [0.2, 0.25) is 0 Å². The number of nitrogen functional groups attached to an aromatic ring is 1. The minimum Gasteiger partial charge on any atom is -0.396 e. The van der Waals surface area contributed by atoms with E-state index in [0.29, 0.717) is 17.8 Å². The Morgan fingerprint density at radius 3 is 2.42 bits per heavy atom. The Balaban J connectivity index is 1.84. The topological polar surface area (TPSA) is 89.8 Å². The monoisotopic (exact) mass is 333 g/mol. The van der Waals surface area contributed by atoms with Crippen molar-refractivity contribution in [2.45, 2.75) is 77.2 Å². The molecule has 0 fully saturated rings. The summed E-state index contributed by atoms with van der Waals surface area (Å²) in [5.41, 5.74) is 7.27. The van der Waals surface area contributed by atoms with E-state index < -0.39 is 0 Å². The van der Waals surface area contributed by atoms with Crippen molar-refractivity contribution in [2.24, 2.45) is 0 Å². The maximum Gasteiger partial charge on any atom is 0.165 e. The van der Waals surface area contributed by atoms with Crippen LogP contribution in [0.3, 0.4) is 0 Å². The van der Waals surface area contributed by atoms with Crippen molar-refractivity contribution in [3.8, 4) is 0 Å². The molecule has 0 saturated carbocycles. The molecule has 2 rings (SSSR count). The highest BCUT2D eigenvalue weighted by Crippen LogP contribution is 2.25. The summed E-state index contributed by atoms with van der Waals surface area (Å²) < 4.78 is 2.05. The summed E-state index contributed by atoms with van der Waals surface area (Å²) in [6.07, 6.45) is 15.4. The second-order valence-electron chi connectivity index (χ2n) is 6.51. The molecule has 2 heterocycles. The molecular formula is C18H31N5O. The minimum atomic E-state index is 0.169. The number of fused-ring (bicyclic) bond motifs is 1. The third-order valence-electron chi connectivity index (χ3n) is 4.63. The molecule has 0 aromatic carbocycles. The Morgan fingerprint density at radius 2 is 1.71 bits per heavy atom. The summed E-state index contributed by atoms with van der Waals surface area (Å²) >= 11 is 0. The van der Waals surface area contributed by atoms with Crippen LogP contribution in [0.15, 0.2) is 12.7 Å². The number of imidazole rings is 1. The Hall–Kier alpha value is -1.69. The highest BCUT2D eigenvalue weighted by atomic mass is 16.3. The van der Waals surface area contributed by atoms with Gasteiger partial charge in [0.25, 0.3) is 0 Å². The van der Waals surface area contributed by atoms with Crippen LogP contribution in [-0.2, 0) is 0 Å². The standard InChI is InChI=1S/C18H31N5O/c1-2-3-4-5-6-7-8-9-10-15(11-12-24)23-14-22-16-17(19)20-13-21-18(16)23/h13-15,24H,2-12H2,1H3,(H2,19,20,21). The van der Waals surface area contributed by atoms with Gasteiger partial charge in [0.05, 0.1) is 6.33 Å². The third-order valence-corrected chi connectivity index (χ3v) is 4.63. The second-order valence-corrected chi connectivity index (χ2v) is 6.51. The second kappa shape index (κ2) is 10.2. The number of nitrogens with zero attached hydrogens (tertiary/aromatic N) is 4. The fourth-order valence-corrected chi connectivity index (χ4v) is 3.22. The summed E-state index contributed by atoms with van der Waals surface area (Å²) in [5.74, 6) is 0.411. The van der Waals surface area contributed by atoms with Crippen LogP contribution in [0.25, 0.3) is 11.2 Å². The fraction of sp³-hybridized carbons (Fsp3) is 0.722. The number of aromatic nitrogens is 4. The summed E-state index contributed by atoms with van der Waals surface area (Å²) in [4.78, 5) is 12.6. The summed E-state index contributed by atoms with van der Waals surface area (Å²) in [6.45, 7) is 2.42. The van der Waals surface area contributed by atoms with Crippen molar-refractivity contribution in [2.75, 3.05) is 12.3 Å². The Kier molecular flexibility index (Phi) is 7.95. The van der Waals surface area contributed by atoms with Gasteiger partial charge in [0.1, 0.15) is 11.8 Å². The maximum absolute atomic E-state index is 9.39. The molecule has 2 aromatic rings. The fourth-order valence-electron chi connectivity index (χ4n) is 3.22. The number of rotatable bonds is 12. The Labute approximate surface area is 144 Å². The van der Waals surface area contributed by atoms with Gasteiger partial charge >= 0.3 is 0 Å². The predicted molar refractivity (Wildman–Crippen MR) is 97.7 cm³/mol. The van der Waals surface area contributed by atoms with Crippen molar-refractivity contribution in [3.05, 3.63) is 12.7 Å². The molecule has 0 spiro atoms. The first kappa shape index (κ1) is 18.6. The van der Waals surface area contributed by atoms with Crippen LogP contribution in [0.1, 0.15) is 77.2 Å². The molecule has 24 heavy (non-hydrogen) atoms. The smallest absolute Gasteiger partial charge is 0.165 e. The zero-order valence-corrected chi connectivity index (χ0v) is 14.8. The van der Waals surface area contributed by atoms with Gasteiger partial charge in [-0.1, -0.05) is 58.3 Å². The van der Waals surface area contributed by atoms with Crippen molar-refractivity contribution in [1.82, 2.24) is 19.5 Å². The first-order valence-corrected chi connectivity index (χ1v) is 9.31. The van der Waals surface area contributed by atoms with E-state index in [4.69, 9.17) is 5.73 Å². The van der Waals surface area contributed by atoms with Crippen molar-refractivity contribution < 1.29 is 5.11 Å². The molecule has 6 heteroatoms. The highest BCUT2D eigenvalue weighted by Gasteiger charge is 2.16. The van der Waals surface area contributed by atoms with E-state index in [1.165, 1.54) is 57.7 Å². The van der Waals surface area contributed by atoms with Gasteiger partial charge in [-0.15, -0.1) is 0 Å². The molecule has 3 N–H and O–H groups in total. The molecule has 0 radical (unpaired) electrons. The van der Waals surface area contributed by atoms with E-state index in [-0.39, 0.29) is 12.6 Å². The number of nitrogens with two attached hydrogens (primary N) is 1. The van der Waals surface area contributed by atoms with Gasteiger partial charge < -0.3 is 15.4 Å². The van der Waals surface area contributed by atoms with E-state index in [1.807, 2.05) is 4.57 Å². The number of aliphatic hydroxyl groups is 1. The van der Waals surface area contributed by atoms with Gasteiger partial charge in [0.15, 0.2) is 11.5 Å². The van der Waals surface area contributed by atoms with Crippen LogP contribution in [-0.4, -0.2) is 31.2 Å². The molecule has 1 atom stereocenters. The predicted octanol–water partition coefficient (Wildman–Crippen LogP) is 3.86. The normalized spacial score (nSPS) is 12.8. The average Bonchev–Trinajstić information content (AvgIpc) is 3.01. The Morgan fingerprint density at radius 1 is 1.00 bits per heavy atom. The van der Waals surface area contributed by atoms with Crippen molar-refractivity contribution >= 4 is 17.0 Å². The lowest BCUT2D eigenvalue weighted by Crippen LogP contribution is -2.11. The highest BCUT2D eigenvalue weighted by molar-refractivity contribution is 5.81. The van der Waals surface area contributed by atoms with E-state index in [0.717, 1.165) is 12.1 Å². The molecule has 0 aliphatic carbocycles. The number of hydrogen-bond acceptors (Lipinski definition) is 5. The molecule has 0 aliphatic heterocycles. The summed E-state index contributed by atoms with van der Waals surface area (Å²) in [7, 11) is 0. The van der Waals surface area contributed by atoms with Gasteiger partial charge in [-0.3, -0.25) is 0 Å². The van der Waals surface area contributed by atoms with Crippen molar-refractivity contribution in [3.63, 3.8) is 0 Å². The van der Waals surface area contributed by atoms with Crippen LogP contribution >= 0.6 is 0 Å².